The highest BCUT2D eigenvalue weighted by molar-refractivity contribution is 9.10. The number of thiazole rings is 1. The Balaban J connectivity index is 2.19. The van der Waals surface area contributed by atoms with Gasteiger partial charge in [0.05, 0.1) is 0 Å². The molecule has 3 nitrogen and oxygen atoms in total. The van der Waals surface area contributed by atoms with E-state index in [4.69, 9.17) is 4.42 Å². The average molecular weight is 283 g/mol. The Hall–Kier alpha value is -1.07. The van der Waals surface area contributed by atoms with Gasteiger partial charge in [0.25, 0.3) is 0 Å². The lowest BCUT2D eigenvalue weighted by Gasteiger charge is -1.87. The highest BCUT2D eigenvalue weighted by Gasteiger charge is 2.10. The molecule has 3 aromatic rings. The number of fused-ring (bicyclic) bond motifs is 1. The molecule has 0 saturated heterocycles. The quantitative estimate of drug-likeness (QED) is 0.681. The fourth-order valence-electron chi connectivity index (χ4n) is 1.46. The van der Waals surface area contributed by atoms with Gasteiger partial charge >= 0.3 is 0 Å². The molecule has 0 N–H and O–H groups in total. The maximum absolute atomic E-state index is 5.45. The second-order valence-corrected chi connectivity index (χ2v) is 4.88. The summed E-state index contributed by atoms with van der Waals surface area (Å²) >= 11 is 4.91. The molecule has 0 unspecified atom stereocenters. The lowest BCUT2D eigenvalue weighted by molar-refractivity contribution is 0.554. The molecule has 3 rings (SSSR count). The fraction of sp³-hybridized carbons (Fsp3) is 0.100. The Morgan fingerprint density at radius 1 is 1.47 bits per heavy atom. The van der Waals surface area contributed by atoms with Crippen LogP contribution in [0.5, 0.6) is 0 Å². The van der Waals surface area contributed by atoms with E-state index in [0.717, 1.165) is 21.1 Å². The Morgan fingerprint density at radius 2 is 2.33 bits per heavy atom. The van der Waals surface area contributed by atoms with Crippen LogP contribution in [-0.4, -0.2) is 9.38 Å². The van der Waals surface area contributed by atoms with Crippen molar-refractivity contribution in [2.75, 3.05) is 0 Å². The largest absolute Gasteiger partial charge is 0.448 e. The number of nitrogens with zero attached hydrogens (tertiary/aromatic N) is 2. The van der Waals surface area contributed by atoms with Gasteiger partial charge in [0.2, 0.25) is 0 Å². The Bertz CT molecular complexity index is 622. The van der Waals surface area contributed by atoms with Gasteiger partial charge in [-0.15, -0.1) is 11.3 Å². The molecule has 15 heavy (non-hydrogen) atoms. The first-order chi connectivity index (χ1) is 7.24. The van der Waals surface area contributed by atoms with Crippen molar-refractivity contribution in [3.63, 3.8) is 0 Å². The first kappa shape index (κ1) is 9.18. The number of rotatable bonds is 1. The van der Waals surface area contributed by atoms with Crippen LogP contribution >= 0.6 is 27.3 Å². The van der Waals surface area contributed by atoms with E-state index in [-0.39, 0.29) is 0 Å². The van der Waals surface area contributed by atoms with E-state index in [1.807, 2.05) is 18.3 Å². The Labute approximate surface area is 98.5 Å². The van der Waals surface area contributed by atoms with Gasteiger partial charge in [0, 0.05) is 17.3 Å². The number of hydrogen-bond donors (Lipinski definition) is 0. The summed E-state index contributed by atoms with van der Waals surface area (Å²) in [5.74, 6) is 0.789. The van der Waals surface area contributed by atoms with E-state index in [9.17, 15) is 0 Å². The summed E-state index contributed by atoms with van der Waals surface area (Å²) in [6, 6.07) is 3.78. The molecule has 0 aromatic carbocycles. The molecule has 5 heteroatoms. The summed E-state index contributed by atoms with van der Waals surface area (Å²) in [6.07, 6.45) is 1.99. The first-order valence-electron chi connectivity index (χ1n) is 4.43. The summed E-state index contributed by atoms with van der Waals surface area (Å²) in [5.41, 5.74) is 2.06. The van der Waals surface area contributed by atoms with Crippen molar-refractivity contribution in [3.8, 4) is 11.5 Å². The SMILES string of the molecule is Cc1csc2nc(-c3ccc(Br)o3)cn12. The van der Waals surface area contributed by atoms with Crippen LogP contribution in [0.25, 0.3) is 16.4 Å². The Morgan fingerprint density at radius 3 is 3.00 bits per heavy atom. The maximum atomic E-state index is 5.45. The predicted molar refractivity (Wildman–Crippen MR) is 63.2 cm³/mol. The Kier molecular flexibility index (Phi) is 1.97. The highest BCUT2D eigenvalue weighted by Crippen LogP contribution is 2.26. The third-order valence-electron chi connectivity index (χ3n) is 2.21. The molecule has 0 atom stereocenters. The fourth-order valence-corrected chi connectivity index (χ4v) is 2.62. The van der Waals surface area contributed by atoms with Crippen LogP contribution in [0.15, 0.2) is 32.8 Å². The minimum Gasteiger partial charge on any atom is -0.448 e. The van der Waals surface area contributed by atoms with Crippen molar-refractivity contribution in [3.05, 3.63) is 34.1 Å². The first-order valence-corrected chi connectivity index (χ1v) is 6.10. The summed E-state index contributed by atoms with van der Waals surface area (Å²) < 4.78 is 8.25. The zero-order valence-corrected chi connectivity index (χ0v) is 10.3. The minimum atomic E-state index is 0.727. The molecular weight excluding hydrogens is 276 g/mol. The van der Waals surface area contributed by atoms with Crippen LogP contribution < -0.4 is 0 Å². The molecule has 0 bridgehead atoms. The summed E-state index contributed by atoms with van der Waals surface area (Å²) in [5, 5.41) is 2.09. The standard InChI is InChI=1S/C10H7BrN2OS/c1-6-5-15-10-12-7(4-13(6)10)8-2-3-9(11)14-8/h2-5H,1H3. The smallest absolute Gasteiger partial charge is 0.194 e. The molecular formula is C10H7BrN2OS. The highest BCUT2D eigenvalue weighted by atomic mass is 79.9. The van der Waals surface area contributed by atoms with Crippen molar-refractivity contribution in [1.82, 2.24) is 9.38 Å². The summed E-state index contributed by atoms with van der Waals surface area (Å²) in [7, 11) is 0. The van der Waals surface area contributed by atoms with Gasteiger partial charge in [-0.1, -0.05) is 0 Å². The summed E-state index contributed by atoms with van der Waals surface area (Å²) in [4.78, 5) is 5.48. The van der Waals surface area contributed by atoms with E-state index in [0.29, 0.717) is 0 Å². The molecule has 0 aliphatic carbocycles. The second-order valence-electron chi connectivity index (χ2n) is 3.26. The minimum absolute atomic E-state index is 0.727. The molecule has 0 saturated carbocycles. The van der Waals surface area contributed by atoms with Gasteiger partial charge in [0.15, 0.2) is 15.4 Å². The van der Waals surface area contributed by atoms with Crippen LogP contribution in [0, 0.1) is 6.92 Å². The normalized spacial score (nSPS) is 11.3. The topological polar surface area (TPSA) is 30.4 Å². The molecule has 0 aliphatic rings. The lowest BCUT2D eigenvalue weighted by Crippen LogP contribution is -1.77. The van der Waals surface area contributed by atoms with E-state index in [2.05, 4.69) is 37.6 Å². The van der Waals surface area contributed by atoms with Crippen molar-refractivity contribution >= 4 is 32.2 Å². The van der Waals surface area contributed by atoms with Crippen molar-refractivity contribution in [1.29, 1.82) is 0 Å². The number of hydrogen-bond acceptors (Lipinski definition) is 3. The number of imidazole rings is 1. The van der Waals surface area contributed by atoms with Crippen LogP contribution in [-0.2, 0) is 0 Å². The molecule has 3 aromatic heterocycles. The number of furan rings is 1. The van der Waals surface area contributed by atoms with Gasteiger partial charge in [-0.2, -0.15) is 0 Å². The second kappa shape index (κ2) is 3.21. The zero-order chi connectivity index (χ0) is 10.4. The van der Waals surface area contributed by atoms with E-state index in [1.165, 1.54) is 5.69 Å². The molecule has 0 fully saturated rings. The zero-order valence-electron chi connectivity index (χ0n) is 7.90. The molecule has 76 valence electrons. The van der Waals surface area contributed by atoms with E-state index in [1.54, 1.807) is 11.3 Å². The monoisotopic (exact) mass is 282 g/mol. The van der Waals surface area contributed by atoms with Gasteiger partial charge in [-0.05, 0) is 35.0 Å². The van der Waals surface area contributed by atoms with Gasteiger partial charge in [-0.3, -0.25) is 4.40 Å². The van der Waals surface area contributed by atoms with Gasteiger partial charge in [-0.25, -0.2) is 4.98 Å². The molecule has 0 radical (unpaired) electrons. The number of aryl methyl sites for hydroxylation is 1. The maximum Gasteiger partial charge on any atom is 0.194 e. The third kappa shape index (κ3) is 1.42. The third-order valence-corrected chi connectivity index (χ3v) is 3.60. The molecule has 0 aliphatic heterocycles. The number of halogens is 1. The van der Waals surface area contributed by atoms with Crippen molar-refractivity contribution < 1.29 is 4.42 Å². The summed E-state index contributed by atoms with van der Waals surface area (Å²) in [6.45, 7) is 2.06. The van der Waals surface area contributed by atoms with Crippen LogP contribution in [0.2, 0.25) is 0 Å². The van der Waals surface area contributed by atoms with Crippen molar-refractivity contribution in [2.24, 2.45) is 0 Å². The number of aromatic nitrogens is 2. The molecule has 0 amide bonds. The van der Waals surface area contributed by atoms with Gasteiger partial charge in [0.1, 0.15) is 5.69 Å². The van der Waals surface area contributed by atoms with E-state index >= 15 is 0 Å². The molecule has 0 spiro atoms. The average Bonchev–Trinajstić information content (AvgIpc) is 2.84. The van der Waals surface area contributed by atoms with Crippen molar-refractivity contribution in [2.45, 2.75) is 6.92 Å². The van der Waals surface area contributed by atoms with Gasteiger partial charge < -0.3 is 4.42 Å². The van der Waals surface area contributed by atoms with Crippen LogP contribution in [0.1, 0.15) is 5.69 Å². The van der Waals surface area contributed by atoms with Crippen LogP contribution in [0.3, 0.4) is 0 Å². The lowest BCUT2D eigenvalue weighted by atomic mass is 10.4. The molecule has 3 heterocycles. The predicted octanol–water partition coefficient (Wildman–Crippen LogP) is 3.73. The van der Waals surface area contributed by atoms with Crippen LogP contribution in [0.4, 0.5) is 0 Å². The van der Waals surface area contributed by atoms with E-state index < -0.39 is 0 Å².